The third-order valence-electron chi connectivity index (χ3n) is 2.25. The molecule has 0 bridgehead atoms. The van der Waals surface area contributed by atoms with Gasteiger partial charge in [-0.2, -0.15) is 0 Å². The zero-order valence-electron chi connectivity index (χ0n) is 10.9. The van der Waals surface area contributed by atoms with Crippen molar-refractivity contribution >= 4 is 33.7 Å². The van der Waals surface area contributed by atoms with Crippen molar-refractivity contribution in [2.24, 2.45) is 0 Å². The van der Waals surface area contributed by atoms with Gasteiger partial charge in [-0.3, -0.25) is 14.4 Å². The van der Waals surface area contributed by atoms with Crippen molar-refractivity contribution in [2.45, 2.75) is 6.92 Å². The summed E-state index contributed by atoms with van der Waals surface area (Å²) in [6, 6.07) is 6.73. The topological polar surface area (TPSA) is 84.5 Å². The predicted molar refractivity (Wildman–Crippen MR) is 76.1 cm³/mol. The van der Waals surface area contributed by atoms with Crippen LogP contribution in [0, 0.1) is 0 Å². The fourth-order valence-corrected chi connectivity index (χ4v) is 1.57. The molecule has 0 unspecified atom stereocenters. The number of carbonyl (C=O) groups is 3. The number of benzene rings is 1. The van der Waals surface area contributed by atoms with Crippen molar-refractivity contribution < 1.29 is 19.1 Å². The minimum atomic E-state index is -0.514. The van der Waals surface area contributed by atoms with E-state index in [-0.39, 0.29) is 25.6 Å². The van der Waals surface area contributed by atoms with Crippen LogP contribution in [0.4, 0.5) is 0 Å². The SMILES string of the molecule is CCOC(=O)CNC(=O)CNC(=O)c1ccc(Br)cc1. The van der Waals surface area contributed by atoms with Crippen LogP contribution >= 0.6 is 15.9 Å². The number of halogens is 1. The first kappa shape index (κ1) is 16.2. The minimum Gasteiger partial charge on any atom is -0.465 e. The Bertz CT molecular complexity index is 488. The van der Waals surface area contributed by atoms with Crippen LogP contribution in [-0.4, -0.2) is 37.5 Å². The maximum absolute atomic E-state index is 11.7. The summed E-state index contributed by atoms with van der Waals surface area (Å²) in [5, 5.41) is 4.80. The number of carbonyl (C=O) groups excluding carboxylic acids is 3. The van der Waals surface area contributed by atoms with Crippen molar-refractivity contribution in [3.63, 3.8) is 0 Å². The first-order valence-corrected chi connectivity index (χ1v) is 6.78. The Morgan fingerprint density at radius 2 is 1.75 bits per heavy atom. The van der Waals surface area contributed by atoms with E-state index >= 15 is 0 Å². The smallest absolute Gasteiger partial charge is 0.325 e. The summed E-state index contributed by atoms with van der Waals surface area (Å²) in [6.07, 6.45) is 0. The Kier molecular flexibility index (Phi) is 6.72. The lowest BCUT2D eigenvalue weighted by atomic mass is 10.2. The molecule has 2 N–H and O–H groups in total. The van der Waals surface area contributed by atoms with Gasteiger partial charge in [0.15, 0.2) is 0 Å². The molecule has 0 atom stereocenters. The molecule has 1 aromatic carbocycles. The van der Waals surface area contributed by atoms with Crippen molar-refractivity contribution in [2.75, 3.05) is 19.7 Å². The van der Waals surface area contributed by atoms with Gasteiger partial charge in [0.05, 0.1) is 13.2 Å². The highest BCUT2D eigenvalue weighted by Gasteiger charge is 2.09. The molecule has 0 aliphatic heterocycles. The molecule has 0 spiro atoms. The Morgan fingerprint density at radius 3 is 2.35 bits per heavy atom. The molecule has 0 aliphatic rings. The van der Waals surface area contributed by atoms with Crippen molar-refractivity contribution in [3.8, 4) is 0 Å². The number of ether oxygens (including phenoxy) is 1. The Balaban J connectivity index is 2.32. The standard InChI is InChI=1S/C13H15BrN2O4/c1-2-20-12(18)8-15-11(17)7-16-13(19)9-3-5-10(14)6-4-9/h3-6H,2,7-8H2,1H3,(H,15,17)(H,16,19). The quantitative estimate of drug-likeness (QED) is 0.751. The highest BCUT2D eigenvalue weighted by atomic mass is 79.9. The number of amides is 2. The van der Waals surface area contributed by atoms with Crippen molar-refractivity contribution in [1.29, 1.82) is 0 Å². The molecule has 1 rings (SSSR count). The molecule has 20 heavy (non-hydrogen) atoms. The molecule has 2 amide bonds. The summed E-state index contributed by atoms with van der Waals surface area (Å²) >= 11 is 3.26. The van der Waals surface area contributed by atoms with Gasteiger partial charge in [0.2, 0.25) is 5.91 Å². The normalized spacial score (nSPS) is 9.70. The van der Waals surface area contributed by atoms with Crippen LogP contribution in [0.1, 0.15) is 17.3 Å². The molecule has 0 radical (unpaired) electrons. The van der Waals surface area contributed by atoms with E-state index in [1.165, 1.54) is 0 Å². The van der Waals surface area contributed by atoms with Gasteiger partial charge in [-0.25, -0.2) is 0 Å². The third-order valence-corrected chi connectivity index (χ3v) is 2.78. The molecule has 1 aromatic rings. The number of esters is 1. The maximum atomic E-state index is 11.7. The van der Waals surface area contributed by atoms with Crippen LogP contribution in [-0.2, 0) is 14.3 Å². The van der Waals surface area contributed by atoms with E-state index in [9.17, 15) is 14.4 Å². The zero-order valence-corrected chi connectivity index (χ0v) is 12.5. The van der Waals surface area contributed by atoms with Crippen LogP contribution in [0.3, 0.4) is 0 Å². The van der Waals surface area contributed by atoms with Crippen molar-refractivity contribution in [3.05, 3.63) is 34.3 Å². The lowest BCUT2D eigenvalue weighted by Gasteiger charge is -2.06. The van der Waals surface area contributed by atoms with Gasteiger partial charge < -0.3 is 15.4 Å². The molecular formula is C13H15BrN2O4. The molecule has 0 aromatic heterocycles. The van der Waals surface area contributed by atoms with E-state index in [0.717, 1.165) is 4.47 Å². The molecule has 6 nitrogen and oxygen atoms in total. The highest BCUT2D eigenvalue weighted by Crippen LogP contribution is 2.10. The molecule has 0 fully saturated rings. The maximum Gasteiger partial charge on any atom is 0.325 e. The Labute approximate surface area is 125 Å². The van der Waals surface area contributed by atoms with Gasteiger partial charge in [-0.05, 0) is 31.2 Å². The second kappa shape index (κ2) is 8.31. The number of hydrogen-bond acceptors (Lipinski definition) is 4. The van der Waals surface area contributed by atoms with E-state index in [1.807, 2.05) is 0 Å². The number of rotatable bonds is 6. The Hall–Kier alpha value is -1.89. The summed E-state index contributed by atoms with van der Waals surface area (Å²) < 4.78 is 5.52. The highest BCUT2D eigenvalue weighted by molar-refractivity contribution is 9.10. The average Bonchev–Trinajstić information content (AvgIpc) is 2.43. The molecular weight excluding hydrogens is 328 g/mol. The number of nitrogens with one attached hydrogen (secondary N) is 2. The van der Waals surface area contributed by atoms with Gasteiger partial charge in [0.25, 0.3) is 5.91 Å². The third kappa shape index (κ3) is 5.83. The van der Waals surface area contributed by atoms with Gasteiger partial charge in [0, 0.05) is 10.0 Å². The van der Waals surface area contributed by atoms with Crippen LogP contribution in [0.25, 0.3) is 0 Å². The van der Waals surface area contributed by atoms with Crippen LogP contribution in [0.5, 0.6) is 0 Å². The monoisotopic (exact) mass is 342 g/mol. The molecule has 0 saturated carbocycles. The van der Waals surface area contributed by atoms with Gasteiger partial charge in [-0.1, -0.05) is 15.9 Å². The fourth-order valence-electron chi connectivity index (χ4n) is 1.31. The lowest BCUT2D eigenvalue weighted by molar-refractivity contribution is -0.143. The summed E-state index contributed by atoms with van der Waals surface area (Å²) in [5.41, 5.74) is 0.450. The zero-order chi connectivity index (χ0) is 15.0. The second-order valence-electron chi connectivity index (χ2n) is 3.77. The summed E-state index contributed by atoms with van der Waals surface area (Å²) in [4.78, 5) is 34.1. The van der Waals surface area contributed by atoms with E-state index < -0.39 is 11.9 Å². The molecule has 108 valence electrons. The average molecular weight is 343 g/mol. The summed E-state index contributed by atoms with van der Waals surface area (Å²) in [5.74, 6) is -1.33. The Morgan fingerprint density at radius 1 is 1.10 bits per heavy atom. The van der Waals surface area contributed by atoms with Crippen molar-refractivity contribution in [1.82, 2.24) is 10.6 Å². The summed E-state index contributed by atoms with van der Waals surface area (Å²) in [7, 11) is 0. The molecule has 0 saturated heterocycles. The van der Waals surface area contributed by atoms with Crippen LogP contribution < -0.4 is 10.6 Å². The molecule has 0 aliphatic carbocycles. The fraction of sp³-hybridized carbons (Fsp3) is 0.308. The van der Waals surface area contributed by atoms with E-state index in [4.69, 9.17) is 0 Å². The van der Waals surface area contributed by atoms with E-state index in [1.54, 1.807) is 31.2 Å². The van der Waals surface area contributed by atoms with E-state index in [2.05, 4.69) is 31.3 Å². The molecule has 7 heteroatoms. The van der Waals surface area contributed by atoms with Gasteiger partial charge in [-0.15, -0.1) is 0 Å². The number of hydrogen-bond donors (Lipinski definition) is 2. The van der Waals surface area contributed by atoms with Gasteiger partial charge >= 0.3 is 5.97 Å². The lowest BCUT2D eigenvalue weighted by Crippen LogP contribution is -2.39. The predicted octanol–water partition coefficient (Wildman–Crippen LogP) is 0.858. The van der Waals surface area contributed by atoms with Crippen LogP contribution in [0.15, 0.2) is 28.7 Å². The minimum absolute atomic E-state index is 0.200. The second-order valence-corrected chi connectivity index (χ2v) is 4.69. The molecule has 0 heterocycles. The van der Waals surface area contributed by atoms with E-state index in [0.29, 0.717) is 5.56 Å². The summed E-state index contributed by atoms with van der Waals surface area (Å²) in [6.45, 7) is 1.53. The largest absolute Gasteiger partial charge is 0.465 e. The first-order chi connectivity index (χ1) is 9.52. The van der Waals surface area contributed by atoms with Crippen LogP contribution in [0.2, 0.25) is 0 Å². The van der Waals surface area contributed by atoms with Gasteiger partial charge in [0.1, 0.15) is 6.54 Å². The first-order valence-electron chi connectivity index (χ1n) is 5.99.